The van der Waals surface area contributed by atoms with E-state index in [4.69, 9.17) is 21.1 Å². The fraction of sp³-hybridized carbons (Fsp3) is 0.0909. The Labute approximate surface area is 177 Å². The van der Waals surface area contributed by atoms with Crippen molar-refractivity contribution in [2.45, 2.75) is 0 Å². The Morgan fingerprint density at radius 2 is 1.70 bits per heavy atom. The molecule has 0 aliphatic carbocycles. The van der Waals surface area contributed by atoms with Crippen LogP contribution in [0.2, 0.25) is 5.02 Å². The third kappa shape index (κ3) is 5.48. The van der Waals surface area contributed by atoms with Gasteiger partial charge < -0.3 is 20.1 Å². The number of nitrogens with one attached hydrogen (secondary N) is 2. The van der Waals surface area contributed by atoms with E-state index in [0.29, 0.717) is 22.7 Å². The number of hydrogen-bond acceptors (Lipinski definition) is 4. The van der Waals surface area contributed by atoms with Crippen molar-refractivity contribution >= 4 is 34.8 Å². The first kappa shape index (κ1) is 21.1. The van der Waals surface area contributed by atoms with Gasteiger partial charge in [0.1, 0.15) is 17.3 Å². The molecule has 0 radical (unpaired) electrons. The van der Waals surface area contributed by atoms with E-state index < -0.39 is 11.7 Å². The number of rotatable bonds is 7. The largest absolute Gasteiger partial charge is 0.495 e. The molecular formula is C22H18ClFN2O4. The number of para-hydroxylation sites is 2. The monoisotopic (exact) mass is 428 g/mol. The summed E-state index contributed by atoms with van der Waals surface area (Å²) in [5.41, 5.74) is 1.45. The summed E-state index contributed by atoms with van der Waals surface area (Å²) in [5.74, 6) is -0.479. The zero-order valence-corrected chi connectivity index (χ0v) is 16.7. The highest BCUT2D eigenvalue weighted by Gasteiger charge is 2.11. The molecule has 0 fully saturated rings. The highest BCUT2D eigenvalue weighted by molar-refractivity contribution is 6.32. The van der Waals surface area contributed by atoms with Crippen LogP contribution in [0.4, 0.5) is 15.8 Å². The molecule has 3 aromatic carbocycles. The van der Waals surface area contributed by atoms with Gasteiger partial charge >= 0.3 is 0 Å². The Morgan fingerprint density at radius 3 is 2.40 bits per heavy atom. The van der Waals surface area contributed by atoms with Crippen LogP contribution in [0.25, 0.3) is 0 Å². The summed E-state index contributed by atoms with van der Waals surface area (Å²) in [7, 11) is 1.52. The first-order valence-corrected chi connectivity index (χ1v) is 9.26. The van der Waals surface area contributed by atoms with Gasteiger partial charge in [-0.25, -0.2) is 4.39 Å². The number of carbonyl (C=O) groups is 2. The molecule has 0 aliphatic rings. The second-order valence-electron chi connectivity index (χ2n) is 6.14. The summed E-state index contributed by atoms with van der Waals surface area (Å²) in [6.45, 7) is -0.304. The van der Waals surface area contributed by atoms with E-state index in [1.165, 1.54) is 19.2 Å². The van der Waals surface area contributed by atoms with Gasteiger partial charge in [-0.2, -0.15) is 0 Å². The molecule has 0 atom stereocenters. The molecule has 154 valence electrons. The van der Waals surface area contributed by atoms with Crippen molar-refractivity contribution in [2.24, 2.45) is 0 Å². The molecule has 0 saturated carbocycles. The number of hydrogen-bond donors (Lipinski definition) is 2. The maximum absolute atomic E-state index is 13.0. The highest BCUT2D eigenvalue weighted by Crippen LogP contribution is 2.25. The van der Waals surface area contributed by atoms with E-state index >= 15 is 0 Å². The normalized spacial score (nSPS) is 10.2. The zero-order valence-electron chi connectivity index (χ0n) is 15.9. The van der Waals surface area contributed by atoms with Crippen molar-refractivity contribution in [3.8, 4) is 11.5 Å². The molecule has 30 heavy (non-hydrogen) atoms. The minimum Gasteiger partial charge on any atom is -0.495 e. The van der Waals surface area contributed by atoms with E-state index in [1.54, 1.807) is 48.5 Å². The maximum atomic E-state index is 13.0. The van der Waals surface area contributed by atoms with E-state index in [-0.39, 0.29) is 23.3 Å². The van der Waals surface area contributed by atoms with Gasteiger partial charge in [-0.1, -0.05) is 23.7 Å². The average Bonchev–Trinajstić information content (AvgIpc) is 2.74. The Hall–Kier alpha value is -3.58. The summed E-state index contributed by atoms with van der Waals surface area (Å²) < 4.78 is 23.5. The number of ether oxygens (including phenoxy) is 2. The first-order chi connectivity index (χ1) is 14.5. The fourth-order valence-electron chi connectivity index (χ4n) is 2.58. The molecule has 0 aliphatic heterocycles. The molecule has 3 aromatic rings. The molecule has 0 aromatic heterocycles. The third-order valence-electron chi connectivity index (χ3n) is 4.04. The van der Waals surface area contributed by atoms with Crippen LogP contribution in [0.15, 0.2) is 66.7 Å². The molecule has 0 spiro atoms. The molecule has 0 bridgehead atoms. The summed E-state index contributed by atoms with van der Waals surface area (Å²) >= 11 is 5.85. The Kier molecular flexibility index (Phi) is 6.87. The Bertz CT molecular complexity index is 1060. The van der Waals surface area contributed by atoms with Gasteiger partial charge in [-0.15, -0.1) is 0 Å². The average molecular weight is 429 g/mol. The lowest BCUT2D eigenvalue weighted by atomic mass is 10.2. The van der Waals surface area contributed by atoms with Crippen molar-refractivity contribution in [1.29, 1.82) is 0 Å². The summed E-state index contributed by atoms with van der Waals surface area (Å²) in [6.07, 6.45) is 0. The molecular weight excluding hydrogens is 411 g/mol. The summed E-state index contributed by atoms with van der Waals surface area (Å²) in [5, 5.41) is 5.50. The molecule has 0 unspecified atom stereocenters. The molecule has 0 saturated heterocycles. The van der Waals surface area contributed by atoms with Gasteiger partial charge in [0.2, 0.25) is 0 Å². The van der Waals surface area contributed by atoms with Gasteiger partial charge in [0.15, 0.2) is 6.61 Å². The lowest BCUT2D eigenvalue weighted by molar-refractivity contribution is -0.118. The predicted molar refractivity (Wildman–Crippen MR) is 113 cm³/mol. The molecule has 2 N–H and O–H groups in total. The summed E-state index contributed by atoms with van der Waals surface area (Å²) in [4.78, 5) is 24.5. The van der Waals surface area contributed by atoms with Crippen LogP contribution in [0, 0.1) is 5.82 Å². The van der Waals surface area contributed by atoms with E-state index in [1.807, 2.05) is 0 Å². The third-order valence-corrected chi connectivity index (χ3v) is 4.33. The van der Waals surface area contributed by atoms with Crippen LogP contribution in [-0.2, 0) is 4.79 Å². The number of carbonyl (C=O) groups excluding carboxylic acids is 2. The Balaban J connectivity index is 1.56. The van der Waals surface area contributed by atoms with Crippen LogP contribution >= 0.6 is 11.6 Å². The van der Waals surface area contributed by atoms with Crippen LogP contribution < -0.4 is 20.1 Å². The quantitative estimate of drug-likeness (QED) is 0.569. The zero-order chi connectivity index (χ0) is 21.5. The first-order valence-electron chi connectivity index (χ1n) is 8.88. The van der Waals surface area contributed by atoms with Gasteiger partial charge in [0.05, 0.1) is 17.8 Å². The standard InChI is InChI=1S/C22H18ClFN2O4/c1-29-20-5-3-2-4-18(20)26-22(28)14-6-9-16(10-7-14)25-21(27)13-30-19-11-8-15(24)12-17(19)23/h2-12H,13H2,1H3,(H,25,27)(H,26,28). The number of anilines is 2. The molecule has 2 amide bonds. The van der Waals surface area contributed by atoms with Crippen molar-refractivity contribution in [2.75, 3.05) is 24.4 Å². The molecule has 8 heteroatoms. The van der Waals surface area contributed by atoms with Crippen LogP contribution in [0.5, 0.6) is 11.5 Å². The van der Waals surface area contributed by atoms with Gasteiger partial charge in [-0.3, -0.25) is 9.59 Å². The van der Waals surface area contributed by atoms with E-state index in [0.717, 1.165) is 6.07 Å². The second-order valence-corrected chi connectivity index (χ2v) is 6.55. The Morgan fingerprint density at radius 1 is 0.967 bits per heavy atom. The lowest BCUT2D eigenvalue weighted by Crippen LogP contribution is -2.20. The minimum absolute atomic E-state index is 0.0770. The fourth-order valence-corrected chi connectivity index (χ4v) is 2.80. The van der Waals surface area contributed by atoms with Crippen LogP contribution in [-0.4, -0.2) is 25.5 Å². The summed E-state index contributed by atoms with van der Waals surface area (Å²) in [6, 6.07) is 17.1. The van der Waals surface area contributed by atoms with E-state index in [9.17, 15) is 14.0 Å². The van der Waals surface area contributed by atoms with Gasteiger partial charge in [-0.05, 0) is 54.6 Å². The van der Waals surface area contributed by atoms with Gasteiger partial charge in [0, 0.05) is 11.3 Å². The number of halogens is 2. The SMILES string of the molecule is COc1ccccc1NC(=O)c1ccc(NC(=O)COc2ccc(F)cc2Cl)cc1. The van der Waals surface area contributed by atoms with E-state index in [2.05, 4.69) is 10.6 Å². The number of amides is 2. The molecule has 0 heterocycles. The van der Waals surface area contributed by atoms with Crippen LogP contribution in [0.1, 0.15) is 10.4 Å². The maximum Gasteiger partial charge on any atom is 0.262 e. The predicted octanol–water partition coefficient (Wildman–Crippen LogP) is 4.76. The highest BCUT2D eigenvalue weighted by atomic mass is 35.5. The number of benzene rings is 3. The van der Waals surface area contributed by atoms with Crippen molar-refractivity contribution < 1.29 is 23.5 Å². The second kappa shape index (κ2) is 9.76. The minimum atomic E-state index is -0.494. The van der Waals surface area contributed by atoms with Crippen molar-refractivity contribution in [3.63, 3.8) is 0 Å². The smallest absolute Gasteiger partial charge is 0.262 e. The topological polar surface area (TPSA) is 76.7 Å². The molecule has 6 nitrogen and oxygen atoms in total. The van der Waals surface area contributed by atoms with Crippen molar-refractivity contribution in [3.05, 3.63) is 83.1 Å². The van der Waals surface area contributed by atoms with Gasteiger partial charge in [0.25, 0.3) is 11.8 Å². The lowest BCUT2D eigenvalue weighted by Gasteiger charge is -2.11. The molecule has 3 rings (SSSR count). The van der Waals surface area contributed by atoms with Crippen molar-refractivity contribution in [1.82, 2.24) is 0 Å². The van der Waals surface area contributed by atoms with Crippen LogP contribution in [0.3, 0.4) is 0 Å². The number of methoxy groups -OCH3 is 1.